The van der Waals surface area contributed by atoms with Crippen LogP contribution >= 0.6 is 0 Å². The predicted octanol–water partition coefficient (Wildman–Crippen LogP) is 3.32. The van der Waals surface area contributed by atoms with E-state index in [-0.39, 0.29) is 0 Å². The van der Waals surface area contributed by atoms with E-state index in [4.69, 9.17) is 5.11 Å². The van der Waals surface area contributed by atoms with Gasteiger partial charge in [0, 0.05) is 19.1 Å². The molecule has 108 valence electrons. The largest absolute Gasteiger partial charge is 0.478 e. The van der Waals surface area contributed by atoms with Crippen LogP contribution in [0.5, 0.6) is 0 Å². The van der Waals surface area contributed by atoms with Crippen LogP contribution in [-0.2, 0) is 13.0 Å². The SMILES string of the molecule is CC1CCC(N2CCc3ccc(C(=O)O)cc3C2)CC1. The van der Waals surface area contributed by atoms with Crippen LogP contribution in [-0.4, -0.2) is 28.6 Å². The van der Waals surface area contributed by atoms with Gasteiger partial charge in [0.2, 0.25) is 0 Å². The standard InChI is InChI=1S/C17H23NO2/c1-12-2-6-16(7-3-12)18-9-8-13-4-5-14(17(19)20)10-15(13)11-18/h4-5,10,12,16H,2-3,6-9,11H2,1H3,(H,19,20). The smallest absolute Gasteiger partial charge is 0.335 e. The highest BCUT2D eigenvalue weighted by atomic mass is 16.4. The molecule has 1 aromatic rings. The summed E-state index contributed by atoms with van der Waals surface area (Å²) in [5.41, 5.74) is 2.97. The molecule has 0 aromatic heterocycles. The lowest BCUT2D eigenvalue weighted by molar-refractivity contribution is 0.0696. The third kappa shape index (κ3) is 2.73. The Bertz CT molecular complexity index is 504. The average molecular weight is 273 g/mol. The summed E-state index contributed by atoms with van der Waals surface area (Å²) in [5, 5.41) is 9.12. The maximum atomic E-state index is 11.1. The third-order valence-electron chi connectivity index (χ3n) is 5.00. The molecule has 2 aliphatic rings. The molecule has 0 atom stereocenters. The van der Waals surface area contributed by atoms with Gasteiger partial charge in [-0.25, -0.2) is 4.79 Å². The van der Waals surface area contributed by atoms with Crippen LogP contribution in [0.3, 0.4) is 0 Å². The molecule has 1 aromatic carbocycles. The van der Waals surface area contributed by atoms with Gasteiger partial charge < -0.3 is 5.11 Å². The lowest BCUT2D eigenvalue weighted by atomic mass is 9.85. The number of rotatable bonds is 2. The zero-order chi connectivity index (χ0) is 14.1. The fourth-order valence-electron chi connectivity index (χ4n) is 3.63. The quantitative estimate of drug-likeness (QED) is 0.898. The fourth-order valence-corrected chi connectivity index (χ4v) is 3.63. The van der Waals surface area contributed by atoms with Gasteiger partial charge in [0.05, 0.1) is 5.56 Å². The number of carbonyl (C=O) groups is 1. The number of fused-ring (bicyclic) bond motifs is 1. The van der Waals surface area contributed by atoms with Crippen LogP contribution < -0.4 is 0 Å². The Balaban J connectivity index is 1.73. The van der Waals surface area contributed by atoms with E-state index >= 15 is 0 Å². The molecule has 0 saturated heterocycles. The summed E-state index contributed by atoms with van der Waals surface area (Å²) < 4.78 is 0. The van der Waals surface area contributed by atoms with Crippen molar-refractivity contribution < 1.29 is 9.90 Å². The molecule has 0 amide bonds. The number of aromatic carboxylic acids is 1. The van der Waals surface area contributed by atoms with Crippen molar-refractivity contribution >= 4 is 5.97 Å². The van der Waals surface area contributed by atoms with E-state index in [0.717, 1.165) is 25.4 Å². The van der Waals surface area contributed by atoms with Crippen molar-refractivity contribution in [2.24, 2.45) is 5.92 Å². The molecule has 0 spiro atoms. The summed E-state index contributed by atoms with van der Waals surface area (Å²) in [7, 11) is 0. The number of carboxylic acids is 1. The minimum Gasteiger partial charge on any atom is -0.478 e. The van der Waals surface area contributed by atoms with Crippen molar-refractivity contribution in [2.45, 2.75) is 51.6 Å². The van der Waals surface area contributed by atoms with E-state index in [0.29, 0.717) is 11.6 Å². The summed E-state index contributed by atoms with van der Waals surface area (Å²) >= 11 is 0. The molecular formula is C17H23NO2. The molecule has 0 radical (unpaired) electrons. The van der Waals surface area contributed by atoms with Crippen molar-refractivity contribution in [1.29, 1.82) is 0 Å². The molecule has 1 heterocycles. The minimum atomic E-state index is -0.823. The van der Waals surface area contributed by atoms with Gasteiger partial charge in [-0.15, -0.1) is 0 Å². The average Bonchev–Trinajstić information content (AvgIpc) is 2.47. The second kappa shape index (κ2) is 5.57. The summed E-state index contributed by atoms with van der Waals surface area (Å²) in [4.78, 5) is 13.7. The summed E-state index contributed by atoms with van der Waals surface area (Å²) in [6, 6.07) is 6.31. The Morgan fingerprint density at radius 1 is 1.20 bits per heavy atom. The first-order valence-corrected chi connectivity index (χ1v) is 7.72. The van der Waals surface area contributed by atoms with Gasteiger partial charge in [-0.1, -0.05) is 13.0 Å². The van der Waals surface area contributed by atoms with Gasteiger partial charge in [-0.2, -0.15) is 0 Å². The highest BCUT2D eigenvalue weighted by molar-refractivity contribution is 5.87. The van der Waals surface area contributed by atoms with Crippen molar-refractivity contribution in [3.63, 3.8) is 0 Å². The predicted molar refractivity (Wildman–Crippen MR) is 78.9 cm³/mol. The topological polar surface area (TPSA) is 40.5 Å². The van der Waals surface area contributed by atoms with E-state index in [2.05, 4.69) is 11.8 Å². The van der Waals surface area contributed by atoms with Gasteiger partial charge in [0.25, 0.3) is 0 Å². The van der Waals surface area contributed by atoms with Gasteiger partial charge in [-0.05, 0) is 61.3 Å². The number of benzene rings is 1. The lowest BCUT2D eigenvalue weighted by Crippen LogP contribution is -2.41. The molecule has 3 rings (SSSR count). The van der Waals surface area contributed by atoms with E-state index in [1.165, 1.54) is 36.8 Å². The molecule has 3 heteroatoms. The molecule has 1 aliphatic carbocycles. The zero-order valence-electron chi connectivity index (χ0n) is 12.1. The van der Waals surface area contributed by atoms with Gasteiger partial charge in [0.1, 0.15) is 0 Å². The van der Waals surface area contributed by atoms with Crippen molar-refractivity contribution in [1.82, 2.24) is 4.90 Å². The molecule has 1 N–H and O–H groups in total. The van der Waals surface area contributed by atoms with Gasteiger partial charge in [-0.3, -0.25) is 4.90 Å². The molecule has 1 aliphatic heterocycles. The molecule has 1 saturated carbocycles. The highest BCUT2D eigenvalue weighted by Crippen LogP contribution is 2.30. The maximum absolute atomic E-state index is 11.1. The number of hydrogen-bond donors (Lipinski definition) is 1. The molecule has 3 nitrogen and oxygen atoms in total. The molecule has 20 heavy (non-hydrogen) atoms. The van der Waals surface area contributed by atoms with Crippen LogP contribution in [0.2, 0.25) is 0 Å². The van der Waals surface area contributed by atoms with Crippen LogP contribution in [0.25, 0.3) is 0 Å². The summed E-state index contributed by atoms with van der Waals surface area (Å²) in [5.74, 6) is 0.0540. The van der Waals surface area contributed by atoms with E-state index < -0.39 is 5.97 Å². The summed E-state index contributed by atoms with van der Waals surface area (Å²) in [6.07, 6.45) is 6.33. The van der Waals surface area contributed by atoms with Crippen LogP contribution in [0.4, 0.5) is 0 Å². The van der Waals surface area contributed by atoms with Gasteiger partial charge in [0.15, 0.2) is 0 Å². The second-order valence-electron chi connectivity index (χ2n) is 6.42. The first kappa shape index (κ1) is 13.6. The fraction of sp³-hybridized carbons (Fsp3) is 0.588. The van der Waals surface area contributed by atoms with E-state index in [9.17, 15) is 4.79 Å². The maximum Gasteiger partial charge on any atom is 0.335 e. The molecule has 1 fully saturated rings. The minimum absolute atomic E-state index is 0.419. The lowest BCUT2D eigenvalue weighted by Gasteiger charge is -2.39. The van der Waals surface area contributed by atoms with E-state index in [1.807, 2.05) is 12.1 Å². The van der Waals surface area contributed by atoms with Crippen LogP contribution in [0.15, 0.2) is 18.2 Å². The highest BCUT2D eigenvalue weighted by Gasteiger charge is 2.27. The first-order valence-electron chi connectivity index (χ1n) is 7.72. The summed E-state index contributed by atoms with van der Waals surface area (Å²) in [6.45, 7) is 4.40. The van der Waals surface area contributed by atoms with Gasteiger partial charge >= 0.3 is 5.97 Å². The number of hydrogen-bond acceptors (Lipinski definition) is 2. The zero-order valence-corrected chi connectivity index (χ0v) is 12.1. The molecular weight excluding hydrogens is 250 g/mol. The van der Waals surface area contributed by atoms with Crippen molar-refractivity contribution in [3.05, 3.63) is 34.9 Å². The normalized spacial score (nSPS) is 27.1. The van der Waals surface area contributed by atoms with E-state index in [1.54, 1.807) is 6.07 Å². The van der Waals surface area contributed by atoms with Crippen LogP contribution in [0.1, 0.15) is 54.1 Å². The molecule has 0 bridgehead atoms. The Morgan fingerprint density at radius 2 is 1.95 bits per heavy atom. The molecule has 0 unspecified atom stereocenters. The number of carboxylic acid groups (broad SMARTS) is 1. The Kier molecular flexibility index (Phi) is 3.79. The second-order valence-corrected chi connectivity index (χ2v) is 6.42. The van der Waals surface area contributed by atoms with Crippen molar-refractivity contribution in [3.8, 4) is 0 Å². The first-order chi connectivity index (χ1) is 9.63. The Hall–Kier alpha value is -1.35. The Morgan fingerprint density at radius 3 is 2.65 bits per heavy atom. The monoisotopic (exact) mass is 273 g/mol. The third-order valence-corrected chi connectivity index (χ3v) is 5.00. The van der Waals surface area contributed by atoms with Crippen molar-refractivity contribution in [2.75, 3.05) is 6.54 Å². The number of nitrogens with zero attached hydrogens (tertiary/aromatic N) is 1. The Labute approximate surface area is 120 Å². The van der Waals surface area contributed by atoms with Crippen LogP contribution in [0, 0.1) is 5.92 Å².